The molecule has 0 fully saturated rings. The Kier molecular flexibility index (Phi) is 5.65. The van der Waals surface area contributed by atoms with Crippen molar-refractivity contribution in [2.75, 3.05) is 4.90 Å². The lowest BCUT2D eigenvalue weighted by atomic mass is 9.82. The summed E-state index contributed by atoms with van der Waals surface area (Å²) in [5.41, 5.74) is 12.7. The highest BCUT2D eigenvalue weighted by molar-refractivity contribution is 5.86. The van der Waals surface area contributed by atoms with Gasteiger partial charge in [-0.25, -0.2) is 0 Å². The third kappa shape index (κ3) is 3.56. The number of nitrogens with zero attached hydrogens (tertiary/aromatic N) is 1. The van der Waals surface area contributed by atoms with Crippen LogP contribution in [-0.2, 0) is 5.41 Å². The molecule has 0 radical (unpaired) electrons. The topological polar surface area (TPSA) is 3.24 Å². The van der Waals surface area contributed by atoms with Crippen molar-refractivity contribution < 1.29 is 0 Å². The van der Waals surface area contributed by atoms with Crippen molar-refractivity contribution in [1.29, 1.82) is 0 Å². The van der Waals surface area contributed by atoms with Crippen LogP contribution in [0.3, 0.4) is 0 Å². The van der Waals surface area contributed by atoms with Gasteiger partial charge in [0, 0.05) is 22.5 Å². The largest absolute Gasteiger partial charge is 0.311 e. The summed E-state index contributed by atoms with van der Waals surface area (Å²) in [6.45, 7) is 13.1. The maximum atomic E-state index is 4.13. The fourth-order valence-electron chi connectivity index (χ4n) is 5.53. The van der Waals surface area contributed by atoms with Crippen LogP contribution in [0.25, 0.3) is 16.7 Å². The Balaban J connectivity index is 1.64. The second kappa shape index (κ2) is 8.65. The van der Waals surface area contributed by atoms with Gasteiger partial charge in [-0.15, -0.1) is 0 Å². The number of fused-ring (bicyclic) bond motifs is 3. The standard InChI is InChI=1S/C33H33N/c1-6-26(7-2)34(32-20-17-25(21-23(32)3)24-13-9-8-10-14-24)27-18-19-31-29(22-27)28-15-11-12-16-30(28)33(31,4)5/h6-7,9,11-22H,1,8,10H2,2-5H3/b26-7+. The number of aryl methyl sites for hydroxylation is 1. The molecule has 2 aliphatic rings. The summed E-state index contributed by atoms with van der Waals surface area (Å²) >= 11 is 0. The zero-order valence-electron chi connectivity index (χ0n) is 20.7. The molecule has 0 saturated carbocycles. The molecule has 34 heavy (non-hydrogen) atoms. The molecule has 1 heteroatoms. The first-order valence-corrected chi connectivity index (χ1v) is 12.3. The Bertz CT molecular complexity index is 1360. The maximum Gasteiger partial charge on any atom is 0.0491 e. The lowest BCUT2D eigenvalue weighted by Gasteiger charge is -2.29. The molecule has 1 nitrogen and oxygen atoms in total. The van der Waals surface area contributed by atoms with E-state index in [1.54, 1.807) is 0 Å². The third-order valence-electron chi connectivity index (χ3n) is 7.35. The number of allylic oxidation sites excluding steroid dienone is 6. The average molecular weight is 444 g/mol. The zero-order chi connectivity index (χ0) is 23.9. The van der Waals surface area contributed by atoms with Crippen LogP contribution in [0.5, 0.6) is 0 Å². The van der Waals surface area contributed by atoms with Crippen molar-refractivity contribution in [3.05, 3.63) is 126 Å². The molecule has 0 aliphatic heterocycles. The molecule has 0 bridgehead atoms. The van der Waals surface area contributed by atoms with E-state index in [9.17, 15) is 0 Å². The maximum absolute atomic E-state index is 4.13. The predicted octanol–water partition coefficient (Wildman–Crippen LogP) is 9.26. The number of rotatable bonds is 5. The molecule has 0 unspecified atom stereocenters. The van der Waals surface area contributed by atoms with E-state index in [0.717, 1.165) is 24.2 Å². The van der Waals surface area contributed by atoms with Crippen LogP contribution in [0.2, 0.25) is 0 Å². The molecule has 0 atom stereocenters. The highest BCUT2D eigenvalue weighted by atomic mass is 15.1. The van der Waals surface area contributed by atoms with E-state index in [2.05, 4.69) is 124 Å². The fraction of sp³-hybridized carbons (Fsp3) is 0.212. The molecule has 170 valence electrons. The molecule has 0 saturated heterocycles. The van der Waals surface area contributed by atoms with E-state index in [1.807, 2.05) is 6.08 Å². The number of hydrogen-bond acceptors (Lipinski definition) is 1. The SMILES string of the molecule is C=C/C(=C\C)N(c1ccc2c(c1)-c1ccccc1C2(C)C)c1ccc(C2=CCCC=C2)cc1C. The Hall–Kier alpha value is -3.58. The van der Waals surface area contributed by atoms with Crippen LogP contribution in [0.1, 0.15) is 55.9 Å². The van der Waals surface area contributed by atoms with E-state index in [4.69, 9.17) is 0 Å². The molecule has 0 amide bonds. The van der Waals surface area contributed by atoms with Gasteiger partial charge in [0.2, 0.25) is 0 Å². The molecule has 3 aromatic carbocycles. The van der Waals surface area contributed by atoms with Crippen molar-refractivity contribution in [3.63, 3.8) is 0 Å². The summed E-state index contributed by atoms with van der Waals surface area (Å²) < 4.78 is 0. The van der Waals surface area contributed by atoms with Gasteiger partial charge in [-0.3, -0.25) is 0 Å². The number of anilines is 2. The van der Waals surface area contributed by atoms with Gasteiger partial charge in [0.25, 0.3) is 0 Å². The fourth-order valence-corrected chi connectivity index (χ4v) is 5.53. The normalized spacial score (nSPS) is 16.0. The lowest BCUT2D eigenvalue weighted by molar-refractivity contribution is 0.660. The van der Waals surface area contributed by atoms with E-state index < -0.39 is 0 Å². The summed E-state index contributed by atoms with van der Waals surface area (Å²) in [5.74, 6) is 0. The third-order valence-corrected chi connectivity index (χ3v) is 7.35. The van der Waals surface area contributed by atoms with E-state index in [-0.39, 0.29) is 5.41 Å². The van der Waals surface area contributed by atoms with Crippen LogP contribution < -0.4 is 4.90 Å². The first-order chi connectivity index (χ1) is 16.5. The van der Waals surface area contributed by atoms with Crippen LogP contribution in [0.15, 0.2) is 103 Å². The van der Waals surface area contributed by atoms with Gasteiger partial charge in [-0.05, 0) is 96.0 Å². The number of benzene rings is 3. The van der Waals surface area contributed by atoms with Gasteiger partial charge < -0.3 is 4.90 Å². The molecule has 0 N–H and O–H groups in total. The summed E-state index contributed by atoms with van der Waals surface area (Å²) in [6, 6.07) is 22.6. The molecular weight excluding hydrogens is 410 g/mol. The van der Waals surface area contributed by atoms with Crippen LogP contribution in [0, 0.1) is 6.92 Å². The van der Waals surface area contributed by atoms with Gasteiger partial charge >= 0.3 is 0 Å². The lowest BCUT2D eigenvalue weighted by Crippen LogP contribution is -2.17. The minimum atomic E-state index is 0.00987. The van der Waals surface area contributed by atoms with E-state index in [1.165, 1.54) is 44.6 Å². The van der Waals surface area contributed by atoms with Gasteiger partial charge in [0.05, 0.1) is 0 Å². The summed E-state index contributed by atoms with van der Waals surface area (Å²) in [6.07, 6.45) is 13.2. The quantitative estimate of drug-likeness (QED) is 0.355. The van der Waals surface area contributed by atoms with Crippen molar-refractivity contribution in [3.8, 4) is 11.1 Å². The minimum Gasteiger partial charge on any atom is -0.311 e. The molecule has 3 aromatic rings. The van der Waals surface area contributed by atoms with Crippen molar-refractivity contribution >= 4 is 16.9 Å². The van der Waals surface area contributed by atoms with Gasteiger partial charge in [-0.2, -0.15) is 0 Å². The Morgan fingerprint density at radius 1 is 0.941 bits per heavy atom. The molecule has 0 spiro atoms. The first-order valence-electron chi connectivity index (χ1n) is 12.3. The van der Waals surface area contributed by atoms with Crippen molar-refractivity contribution in [2.24, 2.45) is 0 Å². The van der Waals surface area contributed by atoms with Gasteiger partial charge in [0.1, 0.15) is 0 Å². The Labute approximate surface area is 204 Å². The van der Waals surface area contributed by atoms with Gasteiger partial charge in [0.15, 0.2) is 0 Å². The monoisotopic (exact) mass is 443 g/mol. The molecular formula is C33H33N. The summed E-state index contributed by atoms with van der Waals surface area (Å²) in [4.78, 5) is 2.34. The smallest absolute Gasteiger partial charge is 0.0491 e. The second-order valence-corrected chi connectivity index (χ2v) is 9.79. The van der Waals surface area contributed by atoms with Gasteiger partial charge in [-0.1, -0.05) is 81.1 Å². The highest BCUT2D eigenvalue weighted by Gasteiger charge is 2.35. The predicted molar refractivity (Wildman–Crippen MR) is 148 cm³/mol. The Morgan fingerprint density at radius 2 is 1.74 bits per heavy atom. The van der Waals surface area contributed by atoms with Crippen LogP contribution >= 0.6 is 0 Å². The molecule has 5 rings (SSSR count). The highest BCUT2D eigenvalue weighted by Crippen LogP contribution is 2.50. The van der Waals surface area contributed by atoms with Crippen LogP contribution in [-0.4, -0.2) is 0 Å². The second-order valence-electron chi connectivity index (χ2n) is 9.79. The van der Waals surface area contributed by atoms with Crippen molar-refractivity contribution in [2.45, 2.75) is 46.0 Å². The van der Waals surface area contributed by atoms with E-state index in [0.29, 0.717) is 0 Å². The number of hydrogen-bond donors (Lipinski definition) is 0. The van der Waals surface area contributed by atoms with Crippen molar-refractivity contribution in [1.82, 2.24) is 0 Å². The molecule has 2 aliphatic carbocycles. The summed E-state index contributed by atoms with van der Waals surface area (Å²) in [5, 5.41) is 0. The zero-order valence-corrected chi connectivity index (χ0v) is 20.7. The molecule has 0 aromatic heterocycles. The van der Waals surface area contributed by atoms with Crippen LogP contribution in [0.4, 0.5) is 11.4 Å². The molecule has 0 heterocycles. The average Bonchev–Trinajstić information content (AvgIpc) is 3.10. The van der Waals surface area contributed by atoms with E-state index >= 15 is 0 Å². The summed E-state index contributed by atoms with van der Waals surface area (Å²) in [7, 11) is 0. The Morgan fingerprint density at radius 3 is 2.44 bits per heavy atom. The minimum absolute atomic E-state index is 0.00987. The first kappa shape index (κ1) is 22.2.